The Morgan fingerprint density at radius 2 is 2.17 bits per heavy atom. The number of fused-ring (bicyclic) bond motifs is 1. The maximum absolute atomic E-state index is 12.4. The number of nitrogens with zero attached hydrogens (tertiary/aromatic N) is 1. The second kappa shape index (κ2) is 6.83. The average molecular weight is 410 g/mol. The van der Waals surface area contributed by atoms with Crippen molar-refractivity contribution in [3.8, 4) is 5.75 Å². The van der Waals surface area contributed by atoms with E-state index < -0.39 is 0 Å². The molecule has 1 heterocycles. The van der Waals surface area contributed by atoms with Crippen molar-refractivity contribution in [2.45, 2.75) is 6.92 Å². The Balaban J connectivity index is 1.79. The zero-order valence-electron chi connectivity index (χ0n) is 12.8. The molecule has 0 saturated carbocycles. The lowest BCUT2D eigenvalue weighted by Gasteiger charge is -2.29. The number of benzene rings is 2. The van der Waals surface area contributed by atoms with E-state index in [1.807, 2.05) is 6.92 Å². The molecule has 0 atom stereocenters. The van der Waals surface area contributed by atoms with Gasteiger partial charge in [-0.2, -0.15) is 0 Å². The molecule has 0 saturated heterocycles. The van der Waals surface area contributed by atoms with E-state index in [4.69, 9.17) is 16.3 Å². The van der Waals surface area contributed by atoms with Gasteiger partial charge >= 0.3 is 0 Å². The number of halogens is 2. The molecule has 0 radical (unpaired) electrons. The van der Waals surface area contributed by atoms with Gasteiger partial charge in [0.1, 0.15) is 12.3 Å². The number of amides is 2. The summed E-state index contributed by atoms with van der Waals surface area (Å²) in [7, 11) is 0. The Kier molecular flexibility index (Phi) is 4.78. The van der Waals surface area contributed by atoms with Crippen molar-refractivity contribution in [3.63, 3.8) is 0 Å². The third-order valence-corrected chi connectivity index (χ3v) is 4.61. The molecular weight excluding hydrogens is 396 g/mol. The molecule has 1 N–H and O–H groups in total. The number of anilines is 2. The van der Waals surface area contributed by atoms with Crippen LogP contribution < -0.4 is 15.0 Å². The molecule has 0 fully saturated rings. The Morgan fingerprint density at radius 3 is 2.96 bits per heavy atom. The highest BCUT2D eigenvalue weighted by atomic mass is 79.9. The summed E-state index contributed by atoms with van der Waals surface area (Å²) in [4.78, 5) is 25.9. The van der Waals surface area contributed by atoms with Crippen LogP contribution in [-0.2, 0) is 9.59 Å². The van der Waals surface area contributed by atoms with Crippen LogP contribution in [0.2, 0.25) is 5.02 Å². The summed E-state index contributed by atoms with van der Waals surface area (Å²) in [6.45, 7) is 1.64. The normalized spacial score (nSPS) is 13.3. The monoisotopic (exact) mass is 408 g/mol. The topological polar surface area (TPSA) is 58.6 Å². The van der Waals surface area contributed by atoms with Crippen molar-refractivity contribution in [1.29, 1.82) is 0 Å². The fourth-order valence-electron chi connectivity index (χ4n) is 2.43. The molecule has 5 nitrogen and oxygen atoms in total. The van der Waals surface area contributed by atoms with Gasteiger partial charge in [-0.15, -0.1) is 0 Å². The maximum Gasteiger partial charge on any atom is 0.265 e. The van der Waals surface area contributed by atoms with E-state index >= 15 is 0 Å². The van der Waals surface area contributed by atoms with Gasteiger partial charge < -0.3 is 10.1 Å². The number of hydrogen-bond acceptors (Lipinski definition) is 3. The summed E-state index contributed by atoms with van der Waals surface area (Å²) in [5.74, 6) is 0.00276. The van der Waals surface area contributed by atoms with E-state index in [1.165, 1.54) is 4.90 Å². The highest BCUT2D eigenvalue weighted by molar-refractivity contribution is 9.10. The molecule has 24 heavy (non-hydrogen) atoms. The van der Waals surface area contributed by atoms with Crippen LogP contribution in [0.3, 0.4) is 0 Å². The summed E-state index contributed by atoms with van der Waals surface area (Å²) in [6.07, 6.45) is 0. The van der Waals surface area contributed by atoms with Crippen LogP contribution in [0.1, 0.15) is 5.56 Å². The zero-order valence-corrected chi connectivity index (χ0v) is 15.1. The smallest absolute Gasteiger partial charge is 0.265 e. The number of nitrogens with one attached hydrogen (secondary N) is 1. The van der Waals surface area contributed by atoms with Gasteiger partial charge in [-0.25, -0.2) is 0 Å². The first-order valence-corrected chi connectivity index (χ1v) is 8.40. The molecule has 1 aliphatic rings. The van der Waals surface area contributed by atoms with Crippen molar-refractivity contribution < 1.29 is 14.3 Å². The lowest BCUT2D eigenvalue weighted by atomic mass is 10.2. The molecular formula is C17H14BrClN2O3. The molecule has 0 aliphatic carbocycles. The summed E-state index contributed by atoms with van der Waals surface area (Å²) in [5.41, 5.74) is 1.99. The number of rotatable bonds is 3. The third-order valence-electron chi connectivity index (χ3n) is 3.71. The van der Waals surface area contributed by atoms with Crippen molar-refractivity contribution in [2.75, 3.05) is 23.4 Å². The highest BCUT2D eigenvalue weighted by Crippen LogP contribution is 2.34. The lowest BCUT2D eigenvalue weighted by molar-refractivity contribution is -0.123. The molecule has 2 amide bonds. The summed E-state index contributed by atoms with van der Waals surface area (Å²) < 4.78 is 6.25. The van der Waals surface area contributed by atoms with Crippen LogP contribution >= 0.6 is 27.5 Å². The van der Waals surface area contributed by atoms with Gasteiger partial charge in [0.05, 0.1) is 5.69 Å². The number of carbonyl (C=O) groups excluding carboxylic acids is 2. The molecule has 2 aromatic rings. The first kappa shape index (κ1) is 16.8. The van der Waals surface area contributed by atoms with E-state index in [-0.39, 0.29) is 25.0 Å². The van der Waals surface area contributed by atoms with Gasteiger partial charge in [0.15, 0.2) is 6.61 Å². The Bertz CT molecular complexity index is 825. The molecule has 3 rings (SSSR count). The minimum atomic E-state index is -0.301. The van der Waals surface area contributed by atoms with E-state index in [2.05, 4.69) is 21.2 Å². The predicted octanol–water partition coefficient (Wildman–Crippen LogP) is 3.78. The van der Waals surface area contributed by atoms with Crippen molar-refractivity contribution >= 4 is 50.7 Å². The van der Waals surface area contributed by atoms with Crippen molar-refractivity contribution in [1.82, 2.24) is 0 Å². The molecule has 0 spiro atoms. The van der Waals surface area contributed by atoms with Gasteiger partial charge in [0, 0.05) is 15.2 Å². The van der Waals surface area contributed by atoms with Gasteiger partial charge in [-0.3, -0.25) is 14.5 Å². The highest BCUT2D eigenvalue weighted by Gasteiger charge is 2.27. The Hall–Kier alpha value is -2.05. The predicted molar refractivity (Wildman–Crippen MR) is 96.8 cm³/mol. The molecule has 0 bridgehead atoms. The van der Waals surface area contributed by atoms with Gasteiger partial charge in [-0.1, -0.05) is 33.6 Å². The summed E-state index contributed by atoms with van der Waals surface area (Å²) in [6, 6.07) is 10.6. The number of carbonyl (C=O) groups is 2. The Labute approximate surface area is 152 Å². The molecule has 124 valence electrons. The van der Waals surface area contributed by atoms with Crippen LogP contribution in [-0.4, -0.2) is 25.0 Å². The number of ether oxygens (including phenoxy) is 1. The summed E-state index contributed by atoms with van der Waals surface area (Å²) >= 11 is 9.42. The largest absolute Gasteiger partial charge is 0.482 e. The number of hydrogen-bond donors (Lipinski definition) is 1. The van der Waals surface area contributed by atoms with Gasteiger partial charge in [0.2, 0.25) is 5.91 Å². The van der Waals surface area contributed by atoms with Crippen molar-refractivity contribution in [3.05, 3.63) is 51.5 Å². The summed E-state index contributed by atoms with van der Waals surface area (Å²) in [5, 5.41) is 3.37. The van der Waals surface area contributed by atoms with E-state index in [9.17, 15) is 9.59 Å². The second-order valence-electron chi connectivity index (χ2n) is 5.34. The van der Waals surface area contributed by atoms with Crippen LogP contribution in [0.25, 0.3) is 0 Å². The van der Waals surface area contributed by atoms with Crippen LogP contribution in [0.4, 0.5) is 11.4 Å². The molecule has 1 aliphatic heterocycles. The van der Waals surface area contributed by atoms with Crippen molar-refractivity contribution in [2.24, 2.45) is 0 Å². The fraction of sp³-hybridized carbons (Fsp3) is 0.176. The quantitative estimate of drug-likeness (QED) is 0.839. The fourth-order valence-corrected chi connectivity index (χ4v) is 2.94. The minimum absolute atomic E-state index is 0.0904. The molecule has 0 unspecified atom stereocenters. The minimum Gasteiger partial charge on any atom is -0.482 e. The average Bonchev–Trinajstić information content (AvgIpc) is 2.54. The SMILES string of the molecule is Cc1c(Cl)cccc1NC(=O)CN1C(=O)COc2cc(Br)ccc21. The zero-order chi connectivity index (χ0) is 17.3. The van der Waals surface area contributed by atoms with Gasteiger partial charge in [0.25, 0.3) is 5.91 Å². The molecule has 7 heteroatoms. The van der Waals surface area contributed by atoms with Crippen LogP contribution in [0.15, 0.2) is 40.9 Å². The van der Waals surface area contributed by atoms with E-state index in [1.54, 1.807) is 36.4 Å². The van der Waals surface area contributed by atoms with Gasteiger partial charge in [-0.05, 0) is 42.8 Å². The molecule has 2 aromatic carbocycles. The third kappa shape index (κ3) is 3.39. The van der Waals surface area contributed by atoms with Crippen LogP contribution in [0.5, 0.6) is 5.75 Å². The molecule has 0 aromatic heterocycles. The van der Waals surface area contributed by atoms with E-state index in [0.29, 0.717) is 22.1 Å². The lowest BCUT2D eigenvalue weighted by Crippen LogP contribution is -2.43. The first-order chi connectivity index (χ1) is 11.5. The van der Waals surface area contributed by atoms with Crippen LogP contribution in [0, 0.1) is 6.92 Å². The standard InChI is InChI=1S/C17H14BrClN2O3/c1-10-12(19)3-2-4-13(10)20-16(22)8-21-14-6-5-11(18)7-15(14)24-9-17(21)23/h2-7H,8-9H2,1H3,(H,20,22). The first-order valence-electron chi connectivity index (χ1n) is 7.23. The second-order valence-corrected chi connectivity index (χ2v) is 6.66. The maximum atomic E-state index is 12.4. The van der Waals surface area contributed by atoms with E-state index in [0.717, 1.165) is 10.0 Å². The Morgan fingerprint density at radius 1 is 1.38 bits per heavy atom.